The minimum Gasteiger partial charge on any atom is -0.355 e. The Hall–Kier alpha value is -0.830. The van der Waals surface area contributed by atoms with E-state index in [0.29, 0.717) is 5.95 Å². The van der Waals surface area contributed by atoms with Crippen LogP contribution in [0.2, 0.25) is 0 Å². The van der Waals surface area contributed by atoms with E-state index in [4.69, 9.17) is 0 Å². The van der Waals surface area contributed by atoms with E-state index >= 15 is 0 Å². The van der Waals surface area contributed by atoms with Gasteiger partial charge in [-0.3, -0.25) is 0 Å². The second-order valence-electron chi connectivity index (χ2n) is 1.60. The molecule has 1 aromatic heterocycles. The standard InChI is InChI=1S/C6H9N3.ClH/c1-2-7-6-8-4-3-5-9-6;/h3-5H,2H2,1H3,(H,7,8,9);1H. The van der Waals surface area contributed by atoms with Crippen molar-refractivity contribution < 1.29 is 0 Å². The molecule has 0 unspecified atom stereocenters. The Bertz CT molecular complexity index is 166. The topological polar surface area (TPSA) is 37.8 Å². The summed E-state index contributed by atoms with van der Waals surface area (Å²) in [4.78, 5) is 7.89. The van der Waals surface area contributed by atoms with E-state index in [1.165, 1.54) is 0 Å². The highest BCUT2D eigenvalue weighted by Crippen LogP contribution is 1.90. The normalized spacial score (nSPS) is 8.10. The third-order valence-electron chi connectivity index (χ3n) is 0.901. The maximum Gasteiger partial charge on any atom is 0.222 e. The lowest BCUT2D eigenvalue weighted by molar-refractivity contribution is 1.08. The van der Waals surface area contributed by atoms with Crippen molar-refractivity contribution >= 4 is 18.4 Å². The Kier molecular flexibility index (Phi) is 4.58. The lowest BCUT2D eigenvalue weighted by Gasteiger charge is -1.96. The summed E-state index contributed by atoms with van der Waals surface area (Å²) in [6, 6.07) is 1.79. The summed E-state index contributed by atoms with van der Waals surface area (Å²) in [6.07, 6.45) is 3.43. The van der Waals surface area contributed by atoms with Gasteiger partial charge in [0.1, 0.15) is 0 Å². The molecule has 1 rings (SSSR count). The van der Waals surface area contributed by atoms with Gasteiger partial charge in [-0.1, -0.05) is 0 Å². The first-order valence-electron chi connectivity index (χ1n) is 2.94. The van der Waals surface area contributed by atoms with Crippen LogP contribution in [0.5, 0.6) is 0 Å². The van der Waals surface area contributed by atoms with Crippen molar-refractivity contribution in [2.24, 2.45) is 0 Å². The largest absolute Gasteiger partial charge is 0.355 e. The van der Waals surface area contributed by atoms with Gasteiger partial charge in [-0.05, 0) is 13.0 Å². The van der Waals surface area contributed by atoms with E-state index < -0.39 is 0 Å². The summed E-state index contributed by atoms with van der Waals surface area (Å²) < 4.78 is 0. The minimum atomic E-state index is 0. The van der Waals surface area contributed by atoms with Crippen LogP contribution < -0.4 is 5.32 Å². The summed E-state index contributed by atoms with van der Waals surface area (Å²) in [6.45, 7) is 2.88. The Morgan fingerprint density at radius 1 is 1.40 bits per heavy atom. The molecule has 0 bridgehead atoms. The molecular formula is C6H10ClN3. The lowest BCUT2D eigenvalue weighted by Crippen LogP contribution is -2.00. The van der Waals surface area contributed by atoms with Gasteiger partial charge in [0.25, 0.3) is 0 Å². The molecule has 1 aromatic rings. The van der Waals surface area contributed by atoms with Gasteiger partial charge in [0.15, 0.2) is 0 Å². The van der Waals surface area contributed by atoms with E-state index in [0.717, 1.165) is 6.54 Å². The highest BCUT2D eigenvalue weighted by Gasteiger charge is 1.85. The van der Waals surface area contributed by atoms with Crippen molar-refractivity contribution in [2.45, 2.75) is 6.92 Å². The monoisotopic (exact) mass is 159 g/mol. The summed E-state index contributed by atoms with van der Waals surface area (Å²) >= 11 is 0. The molecule has 0 saturated carbocycles. The van der Waals surface area contributed by atoms with Crippen LogP contribution in [0.1, 0.15) is 6.92 Å². The van der Waals surface area contributed by atoms with Crippen LogP contribution >= 0.6 is 12.4 Å². The number of anilines is 1. The first-order chi connectivity index (χ1) is 4.43. The summed E-state index contributed by atoms with van der Waals surface area (Å²) in [7, 11) is 0. The fourth-order valence-electron chi connectivity index (χ4n) is 0.548. The zero-order valence-electron chi connectivity index (χ0n) is 5.74. The molecule has 1 N–H and O–H groups in total. The maximum absolute atomic E-state index is 3.95. The maximum atomic E-state index is 3.95. The fraction of sp³-hybridized carbons (Fsp3) is 0.333. The summed E-state index contributed by atoms with van der Waals surface area (Å²) in [5, 5.41) is 2.99. The highest BCUT2D eigenvalue weighted by molar-refractivity contribution is 5.85. The van der Waals surface area contributed by atoms with E-state index in [2.05, 4.69) is 15.3 Å². The molecule has 0 spiro atoms. The van der Waals surface area contributed by atoms with Crippen LogP contribution in [0.15, 0.2) is 18.5 Å². The first-order valence-corrected chi connectivity index (χ1v) is 2.94. The van der Waals surface area contributed by atoms with Crippen LogP contribution in [-0.4, -0.2) is 16.5 Å². The van der Waals surface area contributed by atoms with Gasteiger partial charge >= 0.3 is 0 Å². The van der Waals surface area contributed by atoms with Gasteiger partial charge < -0.3 is 5.32 Å². The van der Waals surface area contributed by atoms with Crippen molar-refractivity contribution in [1.29, 1.82) is 0 Å². The summed E-state index contributed by atoms with van der Waals surface area (Å²) in [5.41, 5.74) is 0. The molecule has 0 saturated heterocycles. The molecular weight excluding hydrogens is 150 g/mol. The van der Waals surface area contributed by atoms with E-state index in [-0.39, 0.29) is 12.4 Å². The molecule has 0 aliphatic heterocycles. The number of hydrogen-bond acceptors (Lipinski definition) is 3. The second kappa shape index (κ2) is 4.99. The quantitative estimate of drug-likeness (QED) is 0.708. The summed E-state index contributed by atoms with van der Waals surface area (Å²) in [5.74, 6) is 0.694. The van der Waals surface area contributed by atoms with Crippen molar-refractivity contribution in [2.75, 3.05) is 11.9 Å². The zero-order chi connectivity index (χ0) is 6.53. The average Bonchev–Trinajstić information content (AvgIpc) is 1.91. The third kappa shape index (κ3) is 2.64. The van der Waals surface area contributed by atoms with Crippen LogP contribution in [-0.2, 0) is 0 Å². The van der Waals surface area contributed by atoms with Gasteiger partial charge in [-0.15, -0.1) is 12.4 Å². The van der Waals surface area contributed by atoms with Crippen LogP contribution in [0.25, 0.3) is 0 Å². The zero-order valence-corrected chi connectivity index (χ0v) is 6.56. The molecule has 0 amide bonds. The van der Waals surface area contributed by atoms with E-state index in [1.807, 2.05) is 6.92 Å². The SMILES string of the molecule is CCNc1ncccn1.Cl. The Balaban J connectivity index is 0.000000810. The number of hydrogen-bond donors (Lipinski definition) is 1. The molecule has 0 aliphatic rings. The molecule has 0 aromatic carbocycles. The number of aromatic nitrogens is 2. The molecule has 0 aliphatic carbocycles. The van der Waals surface area contributed by atoms with Crippen molar-refractivity contribution in [3.8, 4) is 0 Å². The van der Waals surface area contributed by atoms with Gasteiger partial charge in [0.2, 0.25) is 5.95 Å². The predicted octanol–water partition coefficient (Wildman–Crippen LogP) is 1.33. The lowest BCUT2D eigenvalue weighted by atomic mass is 10.6. The highest BCUT2D eigenvalue weighted by atomic mass is 35.5. The molecule has 10 heavy (non-hydrogen) atoms. The van der Waals surface area contributed by atoms with E-state index in [9.17, 15) is 0 Å². The molecule has 56 valence electrons. The molecule has 0 atom stereocenters. The fourth-order valence-corrected chi connectivity index (χ4v) is 0.548. The second-order valence-corrected chi connectivity index (χ2v) is 1.60. The molecule has 0 radical (unpaired) electrons. The van der Waals surface area contributed by atoms with Crippen LogP contribution in [0, 0.1) is 0 Å². The van der Waals surface area contributed by atoms with Gasteiger partial charge in [-0.2, -0.15) is 0 Å². The number of nitrogens with zero attached hydrogens (tertiary/aromatic N) is 2. The Morgan fingerprint density at radius 3 is 2.50 bits per heavy atom. The number of nitrogens with one attached hydrogen (secondary N) is 1. The van der Waals surface area contributed by atoms with Crippen molar-refractivity contribution in [1.82, 2.24) is 9.97 Å². The smallest absolute Gasteiger partial charge is 0.222 e. The molecule has 4 heteroatoms. The van der Waals surface area contributed by atoms with Gasteiger partial charge in [0, 0.05) is 18.9 Å². The third-order valence-corrected chi connectivity index (χ3v) is 0.901. The van der Waals surface area contributed by atoms with Crippen molar-refractivity contribution in [3.05, 3.63) is 18.5 Å². The van der Waals surface area contributed by atoms with Gasteiger partial charge in [0.05, 0.1) is 0 Å². The van der Waals surface area contributed by atoms with Gasteiger partial charge in [-0.25, -0.2) is 9.97 Å². The van der Waals surface area contributed by atoms with E-state index in [1.54, 1.807) is 18.5 Å². The molecule has 0 fully saturated rings. The van der Waals surface area contributed by atoms with Crippen LogP contribution in [0.4, 0.5) is 5.95 Å². The van der Waals surface area contributed by atoms with Crippen molar-refractivity contribution in [3.63, 3.8) is 0 Å². The molecule has 1 heterocycles. The van der Waals surface area contributed by atoms with Crippen LogP contribution in [0.3, 0.4) is 0 Å². The number of rotatable bonds is 2. The Morgan fingerprint density at radius 2 is 2.00 bits per heavy atom. The Labute approximate surface area is 66.3 Å². The molecule has 3 nitrogen and oxygen atoms in total. The number of halogens is 1. The predicted molar refractivity (Wildman–Crippen MR) is 43.4 cm³/mol. The first kappa shape index (κ1) is 9.17. The average molecular weight is 160 g/mol. The minimum absolute atomic E-state index is 0.